The molecule has 2 aliphatic rings. The number of likely N-dealkylation sites (tertiary alicyclic amines) is 1. The predicted octanol–water partition coefficient (Wildman–Crippen LogP) is 4.87. The number of hydrogen-bond acceptors (Lipinski definition) is 4. The molecule has 2 aliphatic heterocycles. The lowest BCUT2D eigenvalue weighted by Gasteiger charge is -2.48. The van der Waals surface area contributed by atoms with Crippen molar-refractivity contribution in [3.05, 3.63) is 62.2 Å². The molecule has 1 atom stereocenters. The van der Waals surface area contributed by atoms with E-state index in [1.807, 2.05) is 12.1 Å². The Morgan fingerprint density at radius 2 is 1.76 bits per heavy atom. The van der Waals surface area contributed by atoms with Gasteiger partial charge in [-0.05, 0) is 56.6 Å². The molecule has 3 heterocycles. The SMILES string of the molecule is CC[C@H]1CN(c2cc3[nH]c(=O)[nH]c3cc2Cl)CCN1C1CCN(Cc2ccc(Cl)cc2F)CC1. The molecule has 0 saturated carbocycles. The molecule has 2 saturated heterocycles. The number of nitrogens with one attached hydrogen (secondary N) is 2. The Morgan fingerprint density at radius 3 is 2.47 bits per heavy atom. The van der Waals surface area contributed by atoms with Crippen LogP contribution in [-0.2, 0) is 6.54 Å². The number of H-pyrrole nitrogens is 2. The predicted molar refractivity (Wildman–Crippen MR) is 137 cm³/mol. The van der Waals surface area contributed by atoms with Crippen LogP contribution < -0.4 is 10.6 Å². The van der Waals surface area contributed by atoms with E-state index in [1.165, 1.54) is 6.07 Å². The summed E-state index contributed by atoms with van der Waals surface area (Å²) in [7, 11) is 0. The average Bonchev–Trinajstić information content (AvgIpc) is 3.19. The summed E-state index contributed by atoms with van der Waals surface area (Å²) in [6.45, 7) is 7.59. The Labute approximate surface area is 208 Å². The fourth-order valence-electron chi connectivity index (χ4n) is 5.52. The number of piperazine rings is 1. The fraction of sp³-hybridized carbons (Fsp3) is 0.480. The third kappa shape index (κ3) is 4.85. The summed E-state index contributed by atoms with van der Waals surface area (Å²) in [6, 6.07) is 9.74. The minimum Gasteiger partial charge on any atom is -0.367 e. The van der Waals surface area contributed by atoms with Crippen LogP contribution in [0.4, 0.5) is 10.1 Å². The summed E-state index contributed by atoms with van der Waals surface area (Å²) in [5.74, 6) is -0.225. The zero-order chi connectivity index (χ0) is 23.8. The number of fused-ring (bicyclic) bond motifs is 1. The molecular formula is C25H30Cl2FN5O. The Balaban J connectivity index is 1.22. The van der Waals surface area contributed by atoms with E-state index in [4.69, 9.17) is 23.2 Å². The van der Waals surface area contributed by atoms with Gasteiger partial charge in [0.05, 0.1) is 21.7 Å². The van der Waals surface area contributed by atoms with Gasteiger partial charge in [-0.1, -0.05) is 36.2 Å². The van der Waals surface area contributed by atoms with Gasteiger partial charge >= 0.3 is 5.69 Å². The number of anilines is 1. The van der Waals surface area contributed by atoms with Crippen LogP contribution in [0, 0.1) is 5.82 Å². The molecule has 2 aromatic carbocycles. The first kappa shape index (κ1) is 23.7. The van der Waals surface area contributed by atoms with E-state index in [1.54, 1.807) is 12.1 Å². The molecule has 0 spiro atoms. The van der Waals surface area contributed by atoms with Crippen molar-refractivity contribution in [3.8, 4) is 0 Å². The zero-order valence-electron chi connectivity index (χ0n) is 19.3. The van der Waals surface area contributed by atoms with Crippen LogP contribution in [0.5, 0.6) is 0 Å². The van der Waals surface area contributed by atoms with Crippen molar-refractivity contribution < 1.29 is 4.39 Å². The number of halogens is 3. The lowest BCUT2D eigenvalue weighted by Crippen LogP contribution is -2.58. The second-order valence-electron chi connectivity index (χ2n) is 9.42. The van der Waals surface area contributed by atoms with E-state index in [2.05, 4.69) is 31.6 Å². The van der Waals surface area contributed by atoms with Gasteiger partial charge in [-0.3, -0.25) is 9.80 Å². The topological polar surface area (TPSA) is 58.4 Å². The van der Waals surface area contributed by atoms with Crippen molar-refractivity contribution >= 4 is 39.9 Å². The van der Waals surface area contributed by atoms with Crippen LogP contribution >= 0.6 is 23.2 Å². The minimum atomic E-state index is -0.225. The highest BCUT2D eigenvalue weighted by atomic mass is 35.5. The molecule has 0 aliphatic carbocycles. The standard InChI is InChI=1S/C25H30Cl2FN5O/c1-2-18-15-32(24-13-23-22(12-20(24)27)29-25(34)30-23)9-10-33(18)19-5-7-31(8-6-19)14-16-3-4-17(26)11-21(16)28/h3-4,11-13,18-19H,2,5-10,14-15H2,1H3,(H2,29,30,34)/t18-/m0/s1. The highest BCUT2D eigenvalue weighted by molar-refractivity contribution is 6.34. The van der Waals surface area contributed by atoms with E-state index in [0.717, 1.165) is 68.7 Å². The van der Waals surface area contributed by atoms with E-state index in [-0.39, 0.29) is 11.5 Å². The molecule has 1 aromatic heterocycles. The van der Waals surface area contributed by atoms with Crippen LogP contribution in [-0.4, -0.2) is 64.6 Å². The van der Waals surface area contributed by atoms with Crippen molar-refractivity contribution in [3.63, 3.8) is 0 Å². The lowest BCUT2D eigenvalue weighted by atomic mass is 9.97. The lowest BCUT2D eigenvalue weighted by molar-refractivity contribution is 0.0609. The van der Waals surface area contributed by atoms with Crippen molar-refractivity contribution in [2.75, 3.05) is 37.6 Å². The summed E-state index contributed by atoms with van der Waals surface area (Å²) in [5.41, 5.74) is 2.98. The van der Waals surface area contributed by atoms with E-state index < -0.39 is 0 Å². The van der Waals surface area contributed by atoms with Crippen LogP contribution in [0.25, 0.3) is 11.0 Å². The van der Waals surface area contributed by atoms with Crippen molar-refractivity contribution in [2.45, 2.75) is 44.8 Å². The van der Waals surface area contributed by atoms with Crippen molar-refractivity contribution in [1.29, 1.82) is 0 Å². The van der Waals surface area contributed by atoms with Crippen molar-refractivity contribution in [2.24, 2.45) is 0 Å². The maximum atomic E-state index is 14.2. The number of imidazole rings is 1. The first-order valence-electron chi connectivity index (χ1n) is 12.0. The minimum absolute atomic E-state index is 0.218. The fourth-order valence-corrected chi connectivity index (χ4v) is 5.96. The van der Waals surface area contributed by atoms with Gasteiger partial charge < -0.3 is 14.9 Å². The highest BCUT2D eigenvalue weighted by Crippen LogP contribution is 2.33. The van der Waals surface area contributed by atoms with Crippen LogP contribution in [0.2, 0.25) is 10.0 Å². The van der Waals surface area contributed by atoms with E-state index in [9.17, 15) is 9.18 Å². The molecule has 0 unspecified atom stereocenters. The molecular weight excluding hydrogens is 476 g/mol. The molecule has 6 nitrogen and oxygen atoms in total. The molecule has 5 rings (SSSR count). The summed E-state index contributed by atoms with van der Waals surface area (Å²) in [6.07, 6.45) is 3.24. The number of aromatic nitrogens is 2. The number of rotatable bonds is 5. The molecule has 3 aromatic rings. The highest BCUT2D eigenvalue weighted by Gasteiger charge is 2.33. The second kappa shape index (κ2) is 9.90. The zero-order valence-corrected chi connectivity index (χ0v) is 20.8. The third-order valence-corrected chi connectivity index (χ3v) is 7.90. The van der Waals surface area contributed by atoms with Gasteiger partial charge in [0.2, 0.25) is 0 Å². The number of hydrogen-bond donors (Lipinski definition) is 2. The van der Waals surface area contributed by atoms with Gasteiger partial charge in [-0.2, -0.15) is 0 Å². The van der Waals surface area contributed by atoms with Gasteiger partial charge in [0.25, 0.3) is 0 Å². The summed E-state index contributed by atoms with van der Waals surface area (Å²) in [4.78, 5) is 24.6. The van der Waals surface area contributed by atoms with Crippen LogP contribution in [0.3, 0.4) is 0 Å². The van der Waals surface area contributed by atoms with Gasteiger partial charge in [-0.25, -0.2) is 9.18 Å². The first-order chi connectivity index (χ1) is 16.4. The number of benzene rings is 2. The Bertz CT molecular complexity index is 1220. The van der Waals surface area contributed by atoms with Gasteiger partial charge in [0.15, 0.2) is 0 Å². The normalized spacial score (nSPS) is 20.9. The second-order valence-corrected chi connectivity index (χ2v) is 10.3. The monoisotopic (exact) mass is 505 g/mol. The Hall–Kier alpha value is -2.06. The molecule has 2 N–H and O–H groups in total. The summed E-state index contributed by atoms with van der Waals surface area (Å²) in [5, 5.41) is 1.10. The first-order valence-corrected chi connectivity index (χ1v) is 12.8. The number of aromatic amines is 2. The van der Waals surface area contributed by atoms with Crippen molar-refractivity contribution in [1.82, 2.24) is 19.8 Å². The summed E-state index contributed by atoms with van der Waals surface area (Å²) < 4.78 is 14.2. The molecule has 0 amide bonds. The molecule has 34 heavy (non-hydrogen) atoms. The van der Waals surface area contributed by atoms with Crippen LogP contribution in [0.15, 0.2) is 35.1 Å². The van der Waals surface area contributed by atoms with Gasteiger partial charge in [0.1, 0.15) is 5.82 Å². The third-order valence-electron chi connectivity index (χ3n) is 7.36. The smallest absolute Gasteiger partial charge is 0.323 e. The molecule has 2 fully saturated rings. The Morgan fingerprint density at radius 1 is 1.03 bits per heavy atom. The van der Waals surface area contributed by atoms with Gasteiger partial charge in [-0.15, -0.1) is 0 Å². The van der Waals surface area contributed by atoms with Gasteiger partial charge in [0, 0.05) is 48.8 Å². The maximum Gasteiger partial charge on any atom is 0.323 e. The molecule has 0 radical (unpaired) electrons. The maximum absolute atomic E-state index is 14.2. The van der Waals surface area contributed by atoms with E-state index in [0.29, 0.717) is 34.2 Å². The Kier molecular flexibility index (Phi) is 6.89. The molecule has 9 heteroatoms. The van der Waals surface area contributed by atoms with Crippen LogP contribution in [0.1, 0.15) is 31.7 Å². The average molecular weight is 506 g/mol. The quantitative estimate of drug-likeness (QED) is 0.519. The van der Waals surface area contributed by atoms with E-state index >= 15 is 0 Å². The number of piperidine rings is 1. The number of nitrogens with zero attached hydrogens (tertiary/aromatic N) is 3. The molecule has 0 bridgehead atoms. The summed E-state index contributed by atoms with van der Waals surface area (Å²) >= 11 is 12.5. The molecule has 182 valence electrons. The largest absolute Gasteiger partial charge is 0.367 e.